The fourth-order valence-corrected chi connectivity index (χ4v) is 3.47. The summed E-state index contributed by atoms with van der Waals surface area (Å²) in [7, 11) is 0. The van der Waals surface area contributed by atoms with Crippen LogP contribution in [0.1, 0.15) is 22.3 Å². The molecule has 9 nitrogen and oxygen atoms in total. The van der Waals surface area contributed by atoms with E-state index < -0.39 is 12.0 Å². The topological polar surface area (TPSA) is 112 Å². The largest absolute Gasteiger partial charge is 0.491 e. The summed E-state index contributed by atoms with van der Waals surface area (Å²) in [4.78, 5) is 19.1. The van der Waals surface area contributed by atoms with E-state index in [9.17, 15) is 19.4 Å². The number of nitrogens with one attached hydrogen (secondary N) is 1. The molecule has 3 N–H and O–H groups in total. The highest BCUT2D eigenvalue weighted by Crippen LogP contribution is 2.20. The molecule has 0 unspecified atom stereocenters. The van der Waals surface area contributed by atoms with E-state index in [4.69, 9.17) is 4.74 Å². The van der Waals surface area contributed by atoms with Crippen molar-refractivity contribution in [2.75, 3.05) is 31.1 Å². The number of halogens is 1. The molecule has 1 amide bonds. The van der Waals surface area contributed by atoms with Crippen molar-refractivity contribution in [3.05, 3.63) is 53.6 Å². The van der Waals surface area contributed by atoms with Crippen LogP contribution in [0.5, 0.6) is 5.75 Å². The number of carbonyl (C=O) groups is 1. The van der Waals surface area contributed by atoms with Crippen LogP contribution in [0.25, 0.3) is 5.65 Å². The van der Waals surface area contributed by atoms with Crippen LogP contribution in [0, 0.1) is 12.7 Å². The quantitative estimate of drug-likeness (QED) is 0.512. The van der Waals surface area contributed by atoms with Crippen molar-refractivity contribution >= 4 is 17.4 Å². The van der Waals surface area contributed by atoms with Crippen LogP contribution in [0.3, 0.4) is 0 Å². The Morgan fingerprint density at radius 2 is 2.26 bits per heavy atom. The first-order valence-electron chi connectivity index (χ1n) is 10.0. The zero-order valence-corrected chi connectivity index (χ0v) is 17.0. The van der Waals surface area contributed by atoms with Gasteiger partial charge in [0, 0.05) is 25.8 Å². The van der Waals surface area contributed by atoms with Crippen molar-refractivity contribution in [2.24, 2.45) is 0 Å². The maximum Gasteiger partial charge on any atom is 0.256 e. The number of amides is 1. The first-order valence-corrected chi connectivity index (χ1v) is 10.0. The highest BCUT2D eigenvalue weighted by molar-refractivity contribution is 5.99. The van der Waals surface area contributed by atoms with Crippen LogP contribution >= 0.6 is 0 Å². The molecule has 2 aromatic heterocycles. The summed E-state index contributed by atoms with van der Waals surface area (Å²) in [5, 5.41) is 26.7. The number of hydrogen-bond donors (Lipinski definition) is 3. The van der Waals surface area contributed by atoms with Crippen molar-refractivity contribution < 1.29 is 24.1 Å². The average Bonchev–Trinajstić information content (AvgIpc) is 3.37. The van der Waals surface area contributed by atoms with E-state index in [1.165, 1.54) is 28.9 Å². The second-order valence-electron chi connectivity index (χ2n) is 7.59. The van der Waals surface area contributed by atoms with Crippen molar-refractivity contribution in [1.82, 2.24) is 19.9 Å². The number of ether oxygens (including phenoxy) is 1. The molecule has 3 heterocycles. The molecule has 1 aromatic carbocycles. The predicted molar refractivity (Wildman–Crippen MR) is 111 cm³/mol. The van der Waals surface area contributed by atoms with Crippen LogP contribution in [0.4, 0.5) is 10.2 Å². The Morgan fingerprint density at radius 3 is 3.00 bits per heavy atom. The number of β-amino-alcohol motifs (C(OH)–C–C–N with tert-alkyl or cyclic N) is 1. The number of fused-ring (bicyclic) bond motifs is 1. The summed E-state index contributed by atoms with van der Waals surface area (Å²) in [5.74, 6) is 0.363. The summed E-state index contributed by atoms with van der Waals surface area (Å²) in [6, 6.07) is 5.92. The number of aromatic nitrogens is 3. The van der Waals surface area contributed by atoms with Crippen LogP contribution in [0.15, 0.2) is 36.7 Å². The highest BCUT2D eigenvalue weighted by Gasteiger charge is 2.23. The minimum atomic E-state index is -0.954. The van der Waals surface area contributed by atoms with Gasteiger partial charge in [0.1, 0.15) is 35.7 Å². The van der Waals surface area contributed by atoms with Gasteiger partial charge in [0.05, 0.1) is 12.3 Å². The third-order valence-corrected chi connectivity index (χ3v) is 5.15. The number of carbonyl (C=O) groups excluding carboxylic acids is 1. The van der Waals surface area contributed by atoms with Crippen LogP contribution in [0.2, 0.25) is 0 Å². The fraction of sp³-hybridized carbons (Fsp3) is 0.381. The molecule has 0 aliphatic carbocycles. The lowest BCUT2D eigenvalue weighted by Crippen LogP contribution is -2.35. The van der Waals surface area contributed by atoms with Gasteiger partial charge in [0.15, 0.2) is 5.65 Å². The van der Waals surface area contributed by atoms with E-state index in [1.807, 2.05) is 4.90 Å². The Bertz CT molecular complexity index is 1090. The molecule has 1 aliphatic rings. The SMILES string of the molecule is Cc1cc(F)ccc1OC[C@@H](O)CNC(=O)c1cnn2ccc(N3CC[C@@H](O)C3)nc12. The van der Waals surface area contributed by atoms with Crippen molar-refractivity contribution in [1.29, 1.82) is 0 Å². The Balaban J connectivity index is 1.36. The Morgan fingerprint density at radius 1 is 1.42 bits per heavy atom. The van der Waals surface area contributed by atoms with E-state index in [-0.39, 0.29) is 30.6 Å². The molecule has 0 bridgehead atoms. The smallest absolute Gasteiger partial charge is 0.256 e. The Labute approximate surface area is 178 Å². The lowest BCUT2D eigenvalue weighted by Gasteiger charge is -2.16. The van der Waals surface area contributed by atoms with Gasteiger partial charge in [-0.2, -0.15) is 5.10 Å². The molecule has 0 saturated carbocycles. The lowest BCUT2D eigenvalue weighted by atomic mass is 10.2. The van der Waals surface area contributed by atoms with E-state index in [0.717, 1.165) is 0 Å². The van der Waals surface area contributed by atoms with Gasteiger partial charge in [0.2, 0.25) is 0 Å². The van der Waals surface area contributed by atoms with Crippen LogP contribution in [-0.4, -0.2) is 69.2 Å². The third kappa shape index (κ3) is 4.75. The van der Waals surface area contributed by atoms with Gasteiger partial charge in [0.25, 0.3) is 5.91 Å². The molecule has 10 heteroatoms. The summed E-state index contributed by atoms with van der Waals surface area (Å²) < 4.78 is 20.2. The Kier molecular flexibility index (Phi) is 6.01. The van der Waals surface area contributed by atoms with Gasteiger partial charge in [-0.05, 0) is 43.2 Å². The molecule has 0 spiro atoms. The van der Waals surface area contributed by atoms with Crippen molar-refractivity contribution in [3.63, 3.8) is 0 Å². The summed E-state index contributed by atoms with van der Waals surface area (Å²) >= 11 is 0. The molecular weight excluding hydrogens is 405 g/mol. The van der Waals surface area contributed by atoms with E-state index in [2.05, 4.69) is 15.4 Å². The molecule has 164 valence electrons. The van der Waals surface area contributed by atoms with E-state index in [1.54, 1.807) is 19.2 Å². The zero-order valence-electron chi connectivity index (χ0n) is 17.0. The molecule has 1 fully saturated rings. The molecule has 1 aliphatic heterocycles. The van der Waals surface area contributed by atoms with Gasteiger partial charge in [-0.3, -0.25) is 4.79 Å². The molecule has 31 heavy (non-hydrogen) atoms. The number of anilines is 1. The second-order valence-corrected chi connectivity index (χ2v) is 7.59. The van der Waals surface area contributed by atoms with Crippen molar-refractivity contribution in [3.8, 4) is 5.75 Å². The summed E-state index contributed by atoms with van der Waals surface area (Å²) in [6.45, 7) is 2.82. The first-order chi connectivity index (χ1) is 14.9. The second kappa shape index (κ2) is 8.86. The van der Waals surface area contributed by atoms with Gasteiger partial charge in [-0.25, -0.2) is 13.9 Å². The molecule has 0 radical (unpaired) electrons. The fourth-order valence-electron chi connectivity index (χ4n) is 3.47. The molecule has 2 atom stereocenters. The van der Waals surface area contributed by atoms with Gasteiger partial charge in [-0.15, -0.1) is 0 Å². The number of rotatable bonds is 7. The number of aliphatic hydroxyl groups is 2. The van der Waals surface area contributed by atoms with Crippen LogP contribution < -0.4 is 15.0 Å². The third-order valence-electron chi connectivity index (χ3n) is 5.15. The van der Waals surface area contributed by atoms with Gasteiger partial charge >= 0.3 is 0 Å². The van der Waals surface area contributed by atoms with Gasteiger partial charge in [-0.1, -0.05) is 0 Å². The number of hydrogen-bond acceptors (Lipinski definition) is 7. The first kappa shape index (κ1) is 21.0. The minimum absolute atomic E-state index is 0.0333. The highest BCUT2D eigenvalue weighted by atomic mass is 19.1. The number of benzene rings is 1. The minimum Gasteiger partial charge on any atom is -0.491 e. The van der Waals surface area contributed by atoms with Crippen molar-refractivity contribution in [2.45, 2.75) is 25.6 Å². The average molecular weight is 429 g/mol. The van der Waals surface area contributed by atoms with Crippen LogP contribution in [-0.2, 0) is 0 Å². The Hall–Kier alpha value is -3.24. The molecule has 4 rings (SSSR count). The lowest BCUT2D eigenvalue weighted by molar-refractivity contribution is 0.0843. The zero-order chi connectivity index (χ0) is 22.0. The standard InChI is InChI=1S/C21H24FN5O4/c1-13-8-14(22)2-3-18(13)31-12-16(29)9-23-21(30)17-10-24-27-7-5-19(25-20(17)27)26-6-4-15(28)11-26/h2-3,5,7-8,10,15-16,28-29H,4,6,9,11-12H2,1H3,(H,23,30)/t15-,16+/m1/s1. The molecule has 1 saturated heterocycles. The van der Waals surface area contributed by atoms with E-state index >= 15 is 0 Å². The maximum atomic E-state index is 13.2. The number of aryl methyl sites for hydroxylation is 1. The summed E-state index contributed by atoms with van der Waals surface area (Å²) in [6.07, 6.45) is 2.48. The summed E-state index contributed by atoms with van der Waals surface area (Å²) in [5.41, 5.74) is 1.29. The molecule has 3 aromatic rings. The van der Waals surface area contributed by atoms with E-state index in [0.29, 0.717) is 42.3 Å². The predicted octanol–water partition coefficient (Wildman–Crippen LogP) is 0.918. The number of aliphatic hydroxyl groups excluding tert-OH is 2. The molecular formula is C21H24FN5O4. The monoisotopic (exact) mass is 429 g/mol. The normalized spacial score (nSPS) is 17.2. The maximum absolute atomic E-state index is 13.2. The number of nitrogens with zero attached hydrogens (tertiary/aromatic N) is 4. The van der Waals surface area contributed by atoms with Gasteiger partial charge < -0.3 is 25.2 Å².